The number of carbonyl (C=O) groups is 1. The highest BCUT2D eigenvalue weighted by atomic mass is 19.4. The SMILES string of the molecule is CCc1ccc(CC(=O)C(F)(F)F)cc1. The van der Waals surface area contributed by atoms with Crippen LogP contribution in [0.5, 0.6) is 0 Å². The third-order valence-corrected chi connectivity index (χ3v) is 2.11. The van der Waals surface area contributed by atoms with Crippen molar-refractivity contribution in [3.8, 4) is 0 Å². The Morgan fingerprint density at radius 2 is 1.60 bits per heavy atom. The first-order chi connectivity index (χ1) is 6.93. The molecule has 82 valence electrons. The lowest BCUT2D eigenvalue weighted by Gasteiger charge is -2.05. The summed E-state index contributed by atoms with van der Waals surface area (Å²) in [5.74, 6) is -1.70. The fraction of sp³-hybridized carbons (Fsp3) is 0.364. The van der Waals surface area contributed by atoms with Crippen LogP contribution in [0.2, 0.25) is 0 Å². The van der Waals surface area contributed by atoms with Crippen LogP contribution in [0.15, 0.2) is 24.3 Å². The van der Waals surface area contributed by atoms with E-state index in [4.69, 9.17) is 0 Å². The van der Waals surface area contributed by atoms with Crippen molar-refractivity contribution in [2.45, 2.75) is 25.9 Å². The number of ketones is 1. The molecule has 0 atom stereocenters. The van der Waals surface area contributed by atoms with E-state index < -0.39 is 18.4 Å². The Hall–Kier alpha value is -1.32. The second-order valence-corrected chi connectivity index (χ2v) is 3.27. The van der Waals surface area contributed by atoms with Crippen LogP contribution in [-0.2, 0) is 17.6 Å². The highest BCUT2D eigenvalue weighted by Gasteiger charge is 2.37. The molecule has 0 aliphatic heterocycles. The molecule has 0 amide bonds. The molecular formula is C11H11F3O. The van der Waals surface area contributed by atoms with Crippen LogP contribution in [0.1, 0.15) is 18.1 Å². The van der Waals surface area contributed by atoms with E-state index >= 15 is 0 Å². The van der Waals surface area contributed by atoms with Gasteiger partial charge in [0, 0.05) is 6.42 Å². The topological polar surface area (TPSA) is 17.1 Å². The molecule has 4 heteroatoms. The Morgan fingerprint density at radius 3 is 2.00 bits per heavy atom. The van der Waals surface area contributed by atoms with Gasteiger partial charge in [-0.1, -0.05) is 31.2 Å². The maximum Gasteiger partial charge on any atom is 0.450 e. The second-order valence-electron chi connectivity index (χ2n) is 3.27. The molecule has 0 N–H and O–H groups in total. The smallest absolute Gasteiger partial charge is 0.289 e. The van der Waals surface area contributed by atoms with Gasteiger partial charge in [0.05, 0.1) is 0 Å². The molecule has 0 spiro atoms. The summed E-state index contributed by atoms with van der Waals surface area (Å²) < 4.78 is 35.8. The number of benzene rings is 1. The van der Waals surface area contributed by atoms with Crippen LogP contribution in [0.4, 0.5) is 13.2 Å². The molecule has 0 aliphatic rings. The van der Waals surface area contributed by atoms with Gasteiger partial charge in [-0.05, 0) is 17.5 Å². The molecule has 0 aromatic heterocycles. The number of hydrogen-bond donors (Lipinski definition) is 0. The summed E-state index contributed by atoms with van der Waals surface area (Å²) in [4.78, 5) is 10.7. The van der Waals surface area contributed by atoms with Gasteiger partial charge in [-0.3, -0.25) is 4.79 Å². The van der Waals surface area contributed by atoms with Gasteiger partial charge in [-0.15, -0.1) is 0 Å². The molecule has 0 fully saturated rings. The van der Waals surface area contributed by atoms with E-state index in [2.05, 4.69) is 0 Å². The Kier molecular flexibility index (Phi) is 3.50. The first kappa shape index (κ1) is 11.8. The quantitative estimate of drug-likeness (QED) is 0.759. The fourth-order valence-corrected chi connectivity index (χ4v) is 1.18. The Labute approximate surface area is 85.9 Å². The molecule has 15 heavy (non-hydrogen) atoms. The zero-order chi connectivity index (χ0) is 11.5. The molecule has 1 aromatic rings. The summed E-state index contributed by atoms with van der Waals surface area (Å²) in [5, 5.41) is 0. The molecule has 0 radical (unpaired) electrons. The summed E-state index contributed by atoms with van der Waals surface area (Å²) in [6, 6.07) is 6.59. The molecule has 1 nitrogen and oxygen atoms in total. The largest absolute Gasteiger partial charge is 0.450 e. The minimum Gasteiger partial charge on any atom is -0.289 e. The highest BCUT2D eigenvalue weighted by Crippen LogP contribution is 2.18. The molecule has 0 saturated carbocycles. The Balaban J connectivity index is 2.70. The Bertz CT molecular complexity index is 338. The number of aryl methyl sites for hydroxylation is 1. The van der Waals surface area contributed by atoms with Crippen LogP contribution >= 0.6 is 0 Å². The summed E-state index contributed by atoms with van der Waals surface area (Å²) in [6.45, 7) is 1.95. The first-order valence-electron chi connectivity index (χ1n) is 4.61. The molecule has 0 bridgehead atoms. The first-order valence-corrected chi connectivity index (χ1v) is 4.61. The Morgan fingerprint density at radius 1 is 1.13 bits per heavy atom. The van der Waals surface area contributed by atoms with E-state index in [0.29, 0.717) is 5.56 Å². The van der Waals surface area contributed by atoms with E-state index in [1.54, 1.807) is 24.3 Å². The van der Waals surface area contributed by atoms with Crippen LogP contribution in [0.3, 0.4) is 0 Å². The summed E-state index contributed by atoms with van der Waals surface area (Å²) in [7, 11) is 0. The molecule has 1 aromatic carbocycles. The number of rotatable bonds is 3. The maximum absolute atomic E-state index is 11.9. The van der Waals surface area contributed by atoms with Gasteiger partial charge >= 0.3 is 6.18 Å². The van der Waals surface area contributed by atoms with E-state index in [1.165, 1.54) is 0 Å². The summed E-state index contributed by atoms with van der Waals surface area (Å²) >= 11 is 0. The van der Waals surface area contributed by atoms with Gasteiger partial charge in [0.25, 0.3) is 0 Å². The molecule has 0 saturated heterocycles. The standard InChI is InChI=1S/C11H11F3O/c1-2-8-3-5-9(6-4-8)7-10(15)11(12,13)14/h3-6H,2,7H2,1H3. The summed E-state index contributed by atoms with van der Waals surface area (Å²) in [6.07, 6.45) is -4.48. The minimum atomic E-state index is -4.73. The molecule has 1 rings (SSSR count). The van der Waals surface area contributed by atoms with E-state index in [-0.39, 0.29) is 0 Å². The van der Waals surface area contributed by atoms with Gasteiger partial charge < -0.3 is 0 Å². The van der Waals surface area contributed by atoms with Gasteiger partial charge in [0.1, 0.15) is 0 Å². The van der Waals surface area contributed by atoms with Crippen molar-refractivity contribution >= 4 is 5.78 Å². The number of hydrogen-bond acceptors (Lipinski definition) is 1. The van der Waals surface area contributed by atoms with Gasteiger partial charge in [-0.2, -0.15) is 13.2 Å². The van der Waals surface area contributed by atoms with E-state index in [1.807, 2.05) is 6.92 Å². The van der Waals surface area contributed by atoms with Gasteiger partial charge in [0.2, 0.25) is 5.78 Å². The van der Waals surface area contributed by atoms with Crippen molar-refractivity contribution in [3.05, 3.63) is 35.4 Å². The van der Waals surface area contributed by atoms with Crippen LogP contribution in [-0.4, -0.2) is 12.0 Å². The van der Waals surface area contributed by atoms with Crippen LogP contribution in [0, 0.1) is 0 Å². The lowest BCUT2D eigenvalue weighted by Crippen LogP contribution is -2.24. The third-order valence-electron chi connectivity index (χ3n) is 2.11. The number of Topliss-reactive ketones (excluding diaryl/α,β-unsaturated/α-hetero) is 1. The van der Waals surface area contributed by atoms with Crippen LogP contribution < -0.4 is 0 Å². The van der Waals surface area contributed by atoms with E-state index in [0.717, 1.165) is 12.0 Å². The average molecular weight is 216 g/mol. The lowest BCUT2D eigenvalue weighted by atomic mass is 10.1. The maximum atomic E-state index is 11.9. The normalized spacial score (nSPS) is 11.5. The molecule has 0 aliphatic carbocycles. The lowest BCUT2D eigenvalue weighted by molar-refractivity contribution is -0.170. The predicted octanol–water partition coefficient (Wildman–Crippen LogP) is 2.92. The van der Waals surface area contributed by atoms with Crippen molar-refractivity contribution in [1.29, 1.82) is 0 Å². The monoisotopic (exact) mass is 216 g/mol. The number of carbonyl (C=O) groups excluding carboxylic acids is 1. The van der Waals surface area contributed by atoms with Crippen molar-refractivity contribution in [2.75, 3.05) is 0 Å². The highest BCUT2D eigenvalue weighted by molar-refractivity contribution is 5.86. The van der Waals surface area contributed by atoms with Crippen molar-refractivity contribution in [1.82, 2.24) is 0 Å². The summed E-state index contributed by atoms with van der Waals surface area (Å²) in [5.41, 5.74) is 1.44. The van der Waals surface area contributed by atoms with Crippen LogP contribution in [0.25, 0.3) is 0 Å². The number of alkyl halides is 3. The third kappa shape index (κ3) is 3.38. The minimum absolute atomic E-state index is 0.398. The van der Waals surface area contributed by atoms with Gasteiger partial charge in [0.15, 0.2) is 0 Å². The van der Waals surface area contributed by atoms with Crippen molar-refractivity contribution < 1.29 is 18.0 Å². The van der Waals surface area contributed by atoms with Crippen molar-refractivity contribution in [2.24, 2.45) is 0 Å². The van der Waals surface area contributed by atoms with E-state index in [9.17, 15) is 18.0 Å². The fourth-order valence-electron chi connectivity index (χ4n) is 1.18. The molecule has 0 heterocycles. The second kappa shape index (κ2) is 4.47. The molecule has 0 unspecified atom stereocenters. The van der Waals surface area contributed by atoms with Gasteiger partial charge in [-0.25, -0.2) is 0 Å². The zero-order valence-corrected chi connectivity index (χ0v) is 8.27. The molecular weight excluding hydrogens is 205 g/mol. The predicted molar refractivity (Wildman–Crippen MR) is 50.6 cm³/mol. The number of halogens is 3. The zero-order valence-electron chi connectivity index (χ0n) is 8.27. The average Bonchev–Trinajstić information content (AvgIpc) is 2.17. The van der Waals surface area contributed by atoms with Crippen molar-refractivity contribution in [3.63, 3.8) is 0 Å².